The van der Waals surface area contributed by atoms with Gasteiger partial charge in [-0.15, -0.1) is 0 Å². The number of ether oxygens (including phenoxy) is 1. The molecular formula is C8H11FO4. The van der Waals surface area contributed by atoms with Crippen molar-refractivity contribution in [2.75, 3.05) is 6.61 Å². The van der Waals surface area contributed by atoms with Gasteiger partial charge in [-0.1, -0.05) is 0 Å². The van der Waals surface area contributed by atoms with Gasteiger partial charge in [0, 0.05) is 0 Å². The normalized spacial score (nSPS) is 10.8. The maximum atomic E-state index is 11.7. The summed E-state index contributed by atoms with van der Waals surface area (Å²) >= 11 is 0. The molecule has 4 nitrogen and oxygen atoms in total. The number of halogens is 1. The average Bonchev–Trinajstić information content (AvgIpc) is 1.97. The average molecular weight is 190 g/mol. The van der Waals surface area contributed by atoms with E-state index in [0.29, 0.717) is 0 Å². The van der Waals surface area contributed by atoms with Gasteiger partial charge < -0.3 is 4.74 Å². The minimum Gasteiger partial charge on any atom is -0.457 e. The molecule has 0 N–H and O–H groups in total. The molecule has 0 amide bonds. The van der Waals surface area contributed by atoms with E-state index in [1.54, 1.807) is 20.8 Å². The van der Waals surface area contributed by atoms with Crippen LogP contribution < -0.4 is 0 Å². The van der Waals surface area contributed by atoms with Crippen LogP contribution in [0.1, 0.15) is 20.8 Å². The highest BCUT2D eigenvalue weighted by Crippen LogP contribution is 2.14. The molecule has 0 fully saturated rings. The predicted octanol–water partition coefficient (Wildman–Crippen LogP) is 0.641. The van der Waals surface area contributed by atoms with Gasteiger partial charge in [-0.3, -0.25) is 14.4 Å². The molecule has 0 unspecified atom stereocenters. The van der Waals surface area contributed by atoms with Crippen LogP contribution in [0, 0.1) is 5.41 Å². The number of rotatable bonds is 3. The second-order valence-corrected chi connectivity index (χ2v) is 3.52. The van der Waals surface area contributed by atoms with Crippen molar-refractivity contribution >= 4 is 17.8 Å². The van der Waals surface area contributed by atoms with Gasteiger partial charge >= 0.3 is 12.0 Å². The first-order valence-electron chi connectivity index (χ1n) is 3.65. The van der Waals surface area contributed by atoms with E-state index in [9.17, 15) is 18.8 Å². The van der Waals surface area contributed by atoms with Crippen LogP contribution in [0.25, 0.3) is 0 Å². The number of carbonyl (C=O) groups excluding carboxylic acids is 3. The Bertz CT molecular complexity index is 239. The van der Waals surface area contributed by atoms with Crippen molar-refractivity contribution in [3.63, 3.8) is 0 Å². The van der Waals surface area contributed by atoms with E-state index in [4.69, 9.17) is 0 Å². The summed E-state index contributed by atoms with van der Waals surface area (Å²) in [7, 11) is 0. The Morgan fingerprint density at radius 2 is 1.69 bits per heavy atom. The smallest absolute Gasteiger partial charge is 0.371 e. The lowest BCUT2D eigenvalue weighted by Crippen LogP contribution is -2.27. The molecule has 74 valence electrons. The van der Waals surface area contributed by atoms with Crippen LogP contribution in [0.3, 0.4) is 0 Å². The van der Waals surface area contributed by atoms with E-state index in [2.05, 4.69) is 4.74 Å². The summed E-state index contributed by atoms with van der Waals surface area (Å²) in [6.45, 7) is 3.91. The van der Waals surface area contributed by atoms with Crippen LogP contribution >= 0.6 is 0 Å². The van der Waals surface area contributed by atoms with E-state index in [1.807, 2.05) is 0 Å². The lowest BCUT2D eigenvalue weighted by atomic mass is 9.97. The summed E-state index contributed by atoms with van der Waals surface area (Å²) in [6.07, 6.45) is 0. The minimum absolute atomic E-state index is 0.651. The molecule has 0 bridgehead atoms. The van der Waals surface area contributed by atoms with Gasteiger partial charge in [-0.2, -0.15) is 4.39 Å². The van der Waals surface area contributed by atoms with E-state index in [0.717, 1.165) is 0 Å². The second kappa shape index (κ2) is 4.11. The quantitative estimate of drug-likeness (QED) is 0.372. The van der Waals surface area contributed by atoms with E-state index >= 15 is 0 Å². The van der Waals surface area contributed by atoms with Gasteiger partial charge in [0.25, 0.3) is 5.78 Å². The SMILES string of the molecule is CC(C)(C)C(=O)OCC(=O)C(=O)F. The van der Waals surface area contributed by atoms with Crippen molar-refractivity contribution in [2.45, 2.75) is 20.8 Å². The molecule has 0 saturated heterocycles. The Hall–Kier alpha value is -1.26. The highest BCUT2D eigenvalue weighted by Gasteiger charge is 2.25. The van der Waals surface area contributed by atoms with E-state index in [-0.39, 0.29) is 0 Å². The van der Waals surface area contributed by atoms with Gasteiger partial charge in [-0.05, 0) is 20.8 Å². The molecule has 0 aliphatic heterocycles. The first-order chi connectivity index (χ1) is 5.75. The van der Waals surface area contributed by atoms with Crippen LogP contribution in [0.4, 0.5) is 4.39 Å². The number of hydrogen-bond donors (Lipinski definition) is 0. The molecule has 0 aliphatic rings. The number of hydrogen-bond acceptors (Lipinski definition) is 4. The highest BCUT2D eigenvalue weighted by molar-refractivity contribution is 6.33. The summed E-state index contributed by atoms with van der Waals surface area (Å²) in [6, 6.07) is -2.10. The summed E-state index contributed by atoms with van der Waals surface area (Å²) in [5.41, 5.74) is -0.764. The molecule has 0 aromatic carbocycles. The summed E-state index contributed by atoms with van der Waals surface area (Å²) in [4.78, 5) is 31.2. The first-order valence-corrected chi connectivity index (χ1v) is 3.65. The van der Waals surface area contributed by atoms with E-state index < -0.39 is 29.8 Å². The Labute approximate surface area is 75.1 Å². The fourth-order valence-corrected chi connectivity index (χ4v) is 0.404. The topological polar surface area (TPSA) is 60.4 Å². The van der Waals surface area contributed by atoms with Crippen LogP contribution in [-0.4, -0.2) is 24.4 Å². The third-order valence-electron chi connectivity index (χ3n) is 1.17. The molecule has 0 heterocycles. The van der Waals surface area contributed by atoms with Crippen LogP contribution in [0.15, 0.2) is 0 Å². The van der Waals surface area contributed by atoms with Crippen molar-refractivity contribution in [3.05, 3.63) is 0 Å². The Morgan fingerprint density at radius 3 is 2.00 bits per heavy atom. The fraction of sp³-hybridized carbons (Fsp3) is 0.625. The zero-order valence-corrected chi connectivity index (χ0v) is 7.72. The van der Waals surface area contributed by atoms with Crippen molar-refractivity contribution in [3.8, 4) is 0 Å². The maximum Gasteiger partial charge on any atom is 0.371 e. The number of Topliss-reactive ketones (excluding diaryl/α,β-unsaturated/α-hetero) is 1. The first kappa shape index (κ1) is 11.7. The zero-order valence-electron chi connectivity index (χ0n) is 7.72. The monoisotopic (exact) mass is 190 g/mol. The lowest BCUT2D eigenvalue weighted by Gasteiger charge is -2.15. The molecule has 0 radical (unpaired) electrons. The molecule has 0 spiro atoms. The molecule has 0 saturated carbocycles. The number of ketones is 1. The Balaban J connectivity index is 3.99. The number of carbonyl (C=O) groups is 3. The molecule has 0 aromatic heterocycles. The maximum absolute atomic E-state index is 11.7. The summed E-state index contributed by atoms with van der Waals surface area (Å²) < 4.78 is 16.0. The van der Waals surface area contributed by atoms with Gasteiger partial charge in [0.15, 0.2) is 6.61 Å². The molecule has 0 aromatic rings. The standard InChI is InChI=1S/C8H11FO4/c1-8(2,3)7(12)13-4-5(10)6(9)11/h4H2,1-3H3. The van der Waals surface area contributed by atoms with Gasteiger partial charge in [0.05, 0.1) is 5.41 Å². The minimum atomic E-state index is -2.10. The molecule has 5 heteroatoms. The van der Waals surface area contributed by atoms with Crippen molar-refractivity contribution in [1.82, 2.24) is 0 Å². The lowest BCUT2D eigenvalue weighted by molar-refractivity contribution is -0.158. The molecule has 0 rings (SSSR count). The second-order valence-electron chi connectivity index (χ2n) is 3.52. The largest absolute Gasteiger partial charge is 0.457 e. The van der Waals surface area contributed by atoms with Crippen LogP contribution in [0.5, 0.6) is 0 Å². The Kier molecular flexibility index (Phi) is 3.71. The molecule has 0 aliphatic carbocycles. The fourth-order valence-electron chi connectivity index (χ4n) is 0.404. The molecule has 13 heavy (non-hydrogen) atoms. The predicted molar refractivity (Wildman–Crippen MR) is 41.5 cm³/mol. The third kappa shape index (κ3) is 4.35. The van der Waals surface area contributed by atoms with Crippen LogP contribution in [0.2, 0.25) is 0 Å². The van der Waals surface area contributed by atoms with Gasteiger partial charge in [0.1, 0.15) is 0 Å². The van der Waals surface area contributed by atoms with Crippen molar-refractivity contribution in [1.29, 1.82) is 0 Å². The summed E-state index contributed by atoms with van der Waals surface area (Å²) in [5.74, 6) is -2.00. The van der Waals surface area contributed by atoms with Gasteiger partial charge in [0.2, 0.25) is 0 Å². The zero-order chi connectivity index (χ0) is 10.6. The number of esters is 1. The molecular weight excluding hydrogens is 179 g/mol. The summed E-state index contributed by atoms with van der Waals surface area (Å²) in [5, 5.41) is 0. The van der Waals surface area contributed by atoms with Crippen LogP contribution in [-0.2, 0) is 19.1 Å². The third-order valence-corrected chi connectivity index (χ3v) is 1.17. The Morgan fingerprint density at radius 1 is 1.23 bits per heavy atom. The molecule has 0 atom stereocenters. The van der Waals surface area contributed by atoms with Crippen molar-refractivity contribution < 1.29 is 23.5 Å². The van der Waals surface area contributed by atoms with Crippen molar-refractivity contribution in [2.24, 2.45) is 5.41 Å². The highest BCUT2D eigenvalue weighted by atomic mass is 19.1. The van der Waals surface area contributed by atoms with E-state index in [1.165, 1.54) is 0 Å². The van der Waals surface area contributed by atoms with Gasteiger partial charge in [-0.25, -0.2) is 0 Å².